The fraction of sp³-hybridized carbons (Fsp3) is 0.389. The van der Waals surface area contributed by atoms with Gasteiger partial charge in [0.15, 0.2) is 0 Å². The third kappa shape index (κ3) is 4.93. The van der Waals surface area contributed by atoms with Crippen molar-refractivity contribution in [2.75, 3.05) is 18.8 Å². The van der Waals surface area contributed by atoms with Crippen LogP contribution >= 0.6 is 0 Å². The second-order valence-electron chi connectivity index (χ2n) is 6.28. The summed E-state index contributed by atoms with van der Waals surface area (Å²) in [7, 11) is -3.36. The minimum Gasteiger partial charge on any atom is -0.468 e. The number of nitrogens with one attached hydrogen (secondary N) is 1. The highest BCUT2D eigenvalue weighted by atomic mass is 32.2. The number of amides is 1. The Hall–Kier alpha value is -2.12. The summed E-state index contributed by atoms with van der Waals surface area (Å²) in [4.78, 5) is 14.2. The first-order valence-corrected chi connectivity index (χ1v) is 10.0. The minimum atomic E-state index is -3.36. The van der Waals surface area contributed by atoms with Crippen molar-refractivity contribution in [2.24, 2.45) is 5.92 Å². The van der Waals surface area contributed by atoms with Crippen molar-refractivity contribution in [2.45, 2.75) is 19.4 Å². The molecule has 7 heteroatoms. The van der Waals surface area contributed by atoms with Gasteiger partial charge in [-0.05, 0) is 43.0 Å². The molecule has 0 unspecified atom stereocenters. The molecule has 2 heterocycles. The van der Waals surface area contributed by atoms with Crippen molar-refractivity contribution in [3.63, 3.8) is 0 Å². The molecule has 0 aliphatic carbocycles. The van der Waals surface area contributed by atoms with Crippen LogP contribution in [0, 0.1) is 5.92 Å². The van der Waals surface area contributed by atoms with Crippen molar-refractivity contribution in [1.29, 1.82) is 0 Å². The molecule has 0 atom stereocenters. The van der Waals surface area contributed by atoms with Crippen LogP contribution < -0.4 is 4.72 Å². The van der Waals surface area contributed by atoms with E-state index in [1.807, 2.05) is 18.2 Å². The van der Waals surface area contributed by atoms with Gasteiger partial charge in [0, 0.05) is 18.7 Å². The Morgan fingerprint density at radius 1 is 1.12 bits per heavy atom. The minimum absolute atomic E-state index is 0.0119. The zero-order chi connectivity index (χ0) is 17.7. The van der Waals surface area contributed by atoms with E-state index in [4.69, 9.17) is 4.42 Å². The van der Waals surface area contributed by atoms with Gasteiger partial charge >= 0.3 is 0 Å². The first-order chi connectivity index (χ1) is 12.0. The van der Waals surface area contributed by atoms with Crippen LogP contribution in [0.15, 0.2) is 53.1 Å². The van der Waals surface area contributed by atoms with Crippen LogP contribution in [0.25, 0.3) is 0 Å². The molecule has 0 saturated carbocycles. The lowest BCUT2D eigenvalue weighted by Gasteiger charge is -2.32. The average Bonchev–Trinajstić information content (AvgIpc) is 3.14. The van der Waals surface area contributed by atoms with E-state index in [-0.39, 0.29) is 24.1 Å². The molecule has 1 aromatic heterocycles. The number of furan rings is 1. The van der Waals surface area contributed by atoms with E-state index < -0.39 is 10.0 Å². The maximum Gasteiger partial charge on any atom is 0.253 e. The van der Waals surface area contributed by atoms with Gasteiger partial charge in [-0.3, -0.25) is 4.79 Å². The summed E-state index contributed by atoms with van der Waals surface area (Å²) in [6.45, 7) is 1.35. The topological polar surface area (TPSA) is 79.6 Å². The number of carbonyl (C=O) groups excluding carboxylic acids is 1. The highest BCUT2D eigenvalue weighted by Gasteiger charge is 2.27. The molecule has 0 radical (unpaired) electrons. The van der Waals surface area contributed by atoms with E-state index >= 15 is 0 Å². The molecule has 1 aromatic carbocycles. The second-order valence-corrected chi connectivity index (χ2v) is 8.13. The number of carbonyl (C=O) groups is 1. The molecule has 3 rings (SSSR count). The molecule has 1 aliphatic rings. The first-order valence-electron chi connectivity index (χ1n) is 8.37. The van der Waals surface area contributed by atoms with Crippen LogP contribution in [0.5, 0.6) is 0 Å². The Morgan fingerprint density at radius 2 is 1.84 bits per heavy atom. The predicted molar refractivity (Wildman–Crippen MR) is 94.4 cm³/mol. The number of likely N-dealkylation sites (tertiary alicyclic amines) is 1. The van der Waals surface area contributed by atoms with Crippen molar-refractivity contribution < 1.29 is 17.6 Å². The van der Waals surface area contributed by atoms with Gasteiger partial charge < -0.3 is 9.32 Å². The largest absolute Gasteiger partial charge is 0.468 e. The van der Waals surface area contributed by atoms with Crippen LogP contribution in [0.3, 0.4) is 0 Å². The summed E-state index contributed by atoms with van der Waals surface area (Å²) in [6, 6.07) is 12.6. The molecule has 0 spiro atoms. The summed E-state index contributed by atoms with van der Waals surface area (Å²) in [5.41, 5.74) is 0.675. The van der Waals surface area contributed by atoms with E-state index in [1.54, 1.807) is 29.2 Å². The zero-order valence-corrected chi connectivity index (χ0v) is 14.7. The van der Waals surface area contributed by atoms with Crippen LogP contribution in [-0.4, -0.2) is 38.1 Å². The lowest BCUT2D eigenvalue weighted by molar-refractivity contribution is 0.0698. The van der Waals surface area contributed by atoms with E-state index in [1.165, 1.54) is 6.26 Å². The van der Waals surface area contributed by atoms with Gasteiger partial charge in [0.05, 0.1) is 18.6 Å². The van der Waals surface area contributed by atoms with E-state index in [0.29, 0.717) is 37.3 Å². The summed E-state index contributed by atoms with van der Waals surface area (Å²) < 4.78 is 32.1. The summed E-state index contributed by atoms with van der Waals surface area (Å²) in [5.74, 6) is 0.750. The maximum absolute atomic E-state index is 12.4. The van der Waals surface area contributed by atoms with Crippen molar-refractivity contribution in [3.8, 4) is 0 Å². The Morgan fingerprint density at radius 3 is 2.48 bits per heavy atom. The number of nitrogens with zero attached hydrogens (tertiary/aromatic N) is 1. The number of sulfonamides is 1. The molecule has 6 nitrogen and oxygen atoms in total. The fourth-order valence-electron chi connectivity index (χ4n) is 3.03. The van der Waals surface area contributed by atoms with E-state index in [2.05, 4.69) is 4.72 Å². The fourth-order valence-corrected chi connectivity index (χ4v) is 4.46. The number of benzene rings is 1. The SMILES string of the molecule is O=C(c1ccccc1)N1CCC(CS(=O)(=O)NCc2ccco2)CC1. The molecule has 1 N–H and O–H groups in total. The van der Waals surface area contributed by atoms with Crippen molar-refractivity contribution in [1.82, 2.24) is 9.62 Å². The van der Waals surface area contributed by atoms with Gasteiger partial charge in [-0.1, -0.05) is 18.2 Å². The van der Waals surface area contributed by atoms with Crippen LogP contribution in [-0.2, 0) is 16.6 Å². The molecule has 1 fully saturated rings. The molecule has 25 heavy (non-hydrogen) atoms. The number of hydrogen-bond acceptors (Lipinski definition) is 4. The van der Waals surface area contributed by atoms with E-state index in [0.717, 1.165) is 0 Å². The predicted octanol–water partition coefficient (Wildman–Crippen LogP) is 2.25. The van der Waals surface area contributed by atoms with Crippen LogP contribution in [0.4, 0.5) is 0 Å². The Kier molecular flexibility index (Phi) is 5.55. The van der Waals surface area contributed by atoms with Crippen molar-refractivity contribution >= 4 is 15.9 Å². The number of rotatable bonds is 6. The zero-order valence-electron chi connectivity index (χ0n) is 13.9. The van der Waals surface area contributed by atoms with Gasteiger partial charge in [-0.2, -0.15) is 0 Å². The highest BCUT2D eigenvalue weighted by molar-refractivity contribution is 7.89. The monoisotopic (exact) mass is 362 g/mol. The first kappa shape index (κ1) is 17.7. The molecule has 0 bridgehead atoms. The molecule has 1 amide bonds. The molecular formula is C18H22N2O4S. The normalized spacial score (nSPS) is 16.1. The summed E-state index contributed by atoms with van der Waals surface area (Å²) in [6.07, 6.45) is 2.91. The molecule has 2 aromatic rings. The molecular weight excluding hydrogens is 340 g/mol. The Labute approximate surface area is 147 Å². The lowest BCUT2D eigenvalue weighted by Crippen LogP contribution is -2.41. The molecule has 1 aliphatic heterocycles. The van der Waals surface area contributed by atoms with Gasteiger partial charge in [-0.25, -0.2) is 13.1 Å². The Bertz CT molecular complexity index is 780. The van der Waals surface area contributed by atoms with E-state index in [9.17, 15) is 13.2 Å². The third-order valence-electron chi connectivity index (χ3n) is 4.42. The second kappa shape index (κ2) is 7.84. The third-order valence-corrected chi connectivity index (χ3v) is 5.92. The van der Waals surface area contributed by atoms with Crippen LogP contribution in [0.1, 0.15) is 29.0 Å². The Balaban J connectivity index is 1.48. The van der Waals surface area contributed by atoms with Crippen molar-refractivity contribution in [3.05, 3.63) is 60.1 Å². The van der Waals surface area contributed by atoms with Gasteiger partial charge in [0.2, 0.25) is 10.0 Å². The standard InChI is InChI=1S/C18H22N2O4S/c21-18(16-5-2-1-3-6-16)20-10-8-15(9-11-20)14-25(22,23)19-13-17-7-4-12-24-17/h1-7,12,15,19H,8-11,13-14H2. The van der Waals surface area contributed by atoms with Gasteiger partial charge in [0.1, 0.15) is 5.76 Å². The molecule has 1 saturated heterocycles. The van der Waals surface area contributed by atoms with Crippen LogP contribution in [0.2, 0.25) is 0 Å². The number of hydrogen-bond donors (Lipinski definition) is 1. The summed E-state index contributed by atoms with van der Waals surface area (Å²) >= 11 is 0. The lowest BCUT2D eigenvalue weighted by atomic mass is 9.98. The average molecular weight is 362 g/mol. The maximum atomic E-state index is 12.4. The quantitative estimate of drug-likeness (QED) is 0.855. The highest BCUT2D eigenvalue weighted by Crippen LogP contribution is 2.20. The molecule has 134 valence electrons. The van der Waals surface area contributed by atoms with Gasteiger partial charge in [0.25, 0.3) is 5.91 Å². The number of piperidine rings is 1. The smallest absolute Gasteiger partial charge is 0.253 e. The summed E-state index contributed by atoms with van der Waals surface area (Å²) in [5, 5.41) is 0. The van der Waals surface area contributed by atoms with Gasteiger partial charge in [-0.15, -0.1) is 0 Å².